The van der Waals surface area contributed by atoms with Crippen molar-refractivity contribution in [2.45, 2.75) is 119 Å². The van der Waals surface area contributed by atoms with E-state index in [4.69, 9.17) is 4.42 Å². The molecule has 0 amide bonds. The van der Waals surface area contributed by atoms with Gasteiger partial charge in [0.05, 0.1) is 47.5 Å². The zero-order chi connectivity index (χ0) is 45.6. The molecule has 0 fully saturated rings. The Bertz CT molecular complexity index is 2630. The highest BCUT2D eigenvalue weighted by atomic mass is 16.4. The summed E-state index contributed by atoms with van der Waals surface area (Å²) in [6.45, 7) is 31.8. The van der Waals surface area contributed by atoms with Gasteiger partial charge in [0, 0.05) is 41.0 Å². The van der Waals surface area contributed by atoms with Gasteiger partial charge in [0.1, 0.15) is 26.5 Å². The molecule has 0 atom stereocenters. The standard InChI is InChI=1S/C18H22N.C14H20N.C13H19N2.C10H13N2O/c1-12(2)17-18(3,4)16-14-9-7-6-8-13(14)10-11-15(16)19(17)5;1-10(2)13-14(3,4)11-8-6-7-9-12(11)15(13)5;1-9(2)11-13(3,4)10-7-6-8-14-12(10)15(11)5;1-7(2)10-12(3)9-8(13-10)5-4-6-11-9/h6-12H,1-5H3;6-10H,1-5H3;6-9H,1-5H3;4-7H,1-3H3/q4*+1. The van der Waals surface area contributed by atoms with Crippen LogP contribution in [0.1, 0.15) is 125 Å². The van der Waals surface area contributed by atoms with Crippen LogP contribution in [0.4, 0.5) is 17.2 Å². The van der Waals surface area contributed by atoms with E-state index in [1.807, 2.05) is 36.0 Å². The number of pyridine rings is 2. The normalized spacial score (nSPS) is 16.7. The first-order valence-corrected chi connectivity index (χ1v) is 22.7. The molecule has 0 bridgehead atoms. The first kappa shape index (κ1) is 46.2. The van der Waals surface area contributed by atoms with Crippen molar-refractivity contribution in [1.82, 2.24) is 9.97 Å². The van der Waals surface area contributed by atoms with Crippen LogP contribution < -0.4 is 4.57 Å². The molecule has 62 heavy (non-hydrogen) atoms. The highest BCUT2D eigenvalue weighted by Gasteiger charge is 2.47. The van der Waals surface area contributed by atoms with Crippen LogP contribution in [-0.4, -0.2) is 62.0 Å². The van der Waals surface area contributed by atoms with Crippen molar-refractivity contribution in [2.75, 3.05) is 21.1 Å². The Labute approximate surface area is 372 Å². The highest BCUT2D eigenvalue weighted by Crippen LogP contribution is 2.45. The Hall–Kier alpha value is -5.30. The number of hydrogen-bond donors (Lipinski definition) is 0. The molecule has 3 aliphatic heterocycles. The number of benzene rings is 3. The van der Waals surface area contributed by atoms with Crippen LogP contribution >= 0.6 is 0 Å². The van der Waals surface area contributed by atoms with Gasteiger partial charge in [0.15, 0.2) is 11.4 Å². The summed E-state index contributed by atoms with van der Waals surface area (Å²) in [5, 5.41) is 2.74. The van der Waals surface area contributed by atoms with E-state index >= 15 is 0 Å². The quantitative estimate of drug-likeness (QED) is 0.166. The van der Waals surface area contributed by atoms with E-state index in [0.717, 1.165) is 22.9 Å². The number of aryl methyl sites for hydroxylation is 1. The average Bonchev–Trinajstić information content (AvgIpc) is 3.81. The van der Waals surface area contributed by atoms with Gasteiger partial charge < -0.3 is 4.42 Å². The summed E-state index contributed by atoms with van der Waals surface area (Å²) in [7, 11) is 8.49. The second-order valence-corrected chi connectivity index (χ2v) is 20.2. The molecule has 7 nitrogen and oxygen atoms in total. The van der Waals surface area contributed by atoms with E-state index in [9.17, 15) is 0 Å². The maximum atomic E-state index is 5.66. The van der Waals surface area contributed by atoms with Gasteiger partial charge in [0.25, 0.3) is 5.89 Å². The topological polar surface area (TPSA) is 51.8 Å². The van der Waals surface area contributed by atoms with Gasteiger partial charge in [-0.1, -0.05) is 97.9 Å². The van der Waals surface area contributed by atoms with Crippen molar-refractivity contribution >= 4 is 56.3 Å². The van der Waals surface area contributed by atoms with Gasteiger partial charge in [-0.3, -0.25) is 0 Å². The zero-order valence-corrected chi connectivity index (χ0v) is 41.1. The third kappa shape index (κ3) is 8.08. The van der Waals surface area contributed by atoms with E-state index in [-0.39, 0.29) is 16.2 Å². The fourth-order valence-electron chi connectivity index (χ4n) is 11.5. The van der Waals surface area contributed by atoms with Crippen molar-refractivity contribution in [3.63, 3.8) is 0 Å². The van der Waals surface area contributed by atoms with Crippen LogP contribution in [0.15, 0.2) is 102 Å². The number of oxazole rings is 1. The summed E-state index contributed by atoms with van der Waals surface area (Å²) >= 11 is 0. The van der Waals surface area contributed by atoms with Gasteiger partial charge >= 0.3 is 11.5 Å². The lowest BCUT2D eigenvalue weighted by molar-refractivity contribution is -0.661. The molecule has 0 aliphatic carbocycles. The van der Waals surface area contributed by atoms with Gasteiger partial charge in [-0.15, -0.1) is 0 Å². The lowest BCUT2D eigenvalue weighted by atomic mass is 9.76. The fourth-order valence-corrected chi connectivity index (χ4v) is 11.5. The summed E-state index contributed by atoms with van der Waals surface area (Å²) in [4.78, 5) is 8.73. The third-order valence-electron chi connectivity index (χ3n) is 13.4. The smallest absolute Gasteiger partial charge is 0.368 e. The van der Waals surface area contributed by atoms with Crippen LogP contribution in [0.25, 0.3) is 22.0 Å². The molecule has 3 aromatic heterocycles. The highest BCUT2D eigenvalue weighted by molar-refractivity contribution is 6.03. The Morgan fingerprint density at radius 1 is 0.484 bits per heavy atom. The minimum atomic E-state index is 0.110. The molecule has 6 aromatic rings. The lowest BCUT2D eigenvalue weighted by Gasteiger charge is -2.21. The number of nitrogens with zero attached hydrogens (tertiary/aromatic N) is 6. The summed E-state index contributed by atoms with van der Waals surface area (Å²) in [6, 6.07) is 30.0. The van der Waals surface area contributed by atoms with E-state index in [2.05, 4.69) is 208 Å². The molecule has 0 spiro atoms. The SMILES string of the molecule is CC(C)C1=[N+](C)c2ccc3ccccc3c2C1(C)C.CC(C)C1=[N+](C)c2ccccc2C1(C)C.CC(C)C1=[N+](C)c2ncccc2C1(C)C.CC(C)c1oc2cccnc2[n+]1C. The average molecular weight is 835 g/mol. The molecule has 3 aliphatic rings. The molecule has 0 saturated heterocycles. The molecule has 3 aromatic carbocycles. The maximum Gasteiger partial charge on any atom is 0.368 e. The van der Waals surface area contributed by atoms with E-state index in [1.165, 1.54) is 56.0 Å². The number of aromatic nitrogens is 3. The number of hydrogen-bond acceptors (Lipinski definition) is 3. The zero-order valence-electron chi connectivity index (χ0n) is 41.1. The minimum Gasteiger partial charge on any atom is -0.417 e. The Morgan fingerprint density at radius 2 is 1.00 bits per heavy atom. The molecule has 7 heteroatoms. The van der Waals surface area contributed by atoms with E-state index in [1.54, 1.807) is 6.20 Å². The summed E-state index contributed by atoms with van der Waals surface area (Å²) < 4.78 is 14.7. The molecule has 0 saturated carbocycles. The van der Waals surface area contributed by atoms with Crippen molar-refractivity contribution in [2.24, 2.45) is 24.8 Å². The Morgan fingerprint density at radius 3 is 1.60 bits per heavy atom. The molecular formula is C55H74N6O+4. The second-order valence-electron chi connectivity index (χ2n) is 20.2. The Kier molecular flexibility index (Phi) is 13.0. The van der Waals surface area contributed by atoms with Crippen molar-refractivity contribution < 1.29 is 22.7 Å². The summed E-state index contributed by atoms with van der Waals surface area (Å²) in [6.07, 6.45) is 3.65. The molecule has 0 N–H and O–H groups in total. The molecular weight excluding hydrogens is 761 g/mol. The van der Waals surface area contributed by atoms with Crippen molar-refractivity contribution in [3.8, 4) is 0 Å². The largest absolute Gasteiger partial charge is 0.417 e. The summed E-state index contributed by atoms with van der Waals surface area (Å²) in [5.41, 5.74) is 13.7. The van der Waals surface area contributed by atoms with Gasteiger partial charge in [-0.25, -0.2) is 13.7 Å². The minimum absolute atomic E-state index is 0.110. The number of rotatable bonds is 4. The first-order valence-electron chi connectivity index (χ1n) is 22.7. The number of para-hydroxylation sites is 1. The molecule has 0 unspecified atom stereocenters. The maximum absolute atomic E-state index is 5.66. The van der Waals surface area contributed by atoms with Crippen LogP contribution in [-0.2, 0) is 23.3 Å². The van der Waals surface area contributed by atoms with Crippen LogP contribution in [0, 0.1) is 17.8 Å². The van der Waals surface area contributed by atoms with Gasteiger partial charge in [-0.2, -0.15) is 4.57 Å². The first-order chi connectivity index (χ1) is 29.1. The van der Waals surface area contributed by atoms with E-state index < -0.39 is 0 Å². The predicted molar refractivity (Wildman–Crippen MR) is 260 cm³/mol. The van der Waals surface area contributed by atoms with Crippen molar-refractivity contribution in [1.29, 1.82) is 0 Å². The third-order valence-corrected chi connectivity index (χ3v) is 13.4. The molecule has 6 heterocycles. The van der Waals surface area contributed by atoms with Crippen LogP contribution in [0.2, 0.25) is 0 Å². The predicted octanol–water partition coefficient (Wildman–Crippen LogP) is 12.4. The van der Waals surface area contributed by atoms with Crippen LogP contribution in [0.3, 0.4) is 0 Å². The molecule has 9 rings (SSSR count). The molecule has 326 valence electrons. The fraction of sp³-hybridized carbons (Fsp3) is 0.455. The summed E-state index contributed by atoms with van der Waals surface area (Å²) in [5.74, 6) is 4.18. The lowest BCUT2D eigenvalue weighted by Crippen LogP contribution is -2.32. The van der Waals surface area contributed by atoms with Crippen LogP contribution in [0.5, 0.6) is 0 Å². The van der Waals surface area contributed by atoms with Gasteiger partial charge in [-0.05, 0) is 92.6 Å². The van der Waals surface area contributed by atoms with Gasteiger partial charge in [0.2, 0.25) is 17.0 Å². The monoisotopic (exact) mass is 835 g/mol. The Balaban J connectivity index is 0.000000139. The molecule has 0 radical (unpaired) electrons. The van der Waals surface area contributed by atoms with E-state index in [0.29, 0.717) is 23.7 Å². The number of fused-ring (bicyclic) bond motifs is 6. The second kappa shape index (κ2) is 17.5. The van der Waals surface area contributed by atoms with Crippen molar-refractivity contribution in [3.05, 3.63) is 120 Å².